The number of carbonyl (C=O) groups excluding carboxylic acids is 1. The molecule has 1 amide bonds. The van der Waals surface area contributed by atoms with Crippen LogP contribution in [0.3, 0.4) is 0 Å². The molecule has 0 aromatic carbocycles. The third-order valence-electron chi connectivity index (χ3n) is 4.93. The highest BCUT2D eigenvalue weighted by Crippen LogP contribution is 2.26. The highest BCUT2D eigenvalue weighted by atomic mass is 35.5. The Morgan fingerprint density at radius 1 is 1.14 bits per heavy atom. The van der Waals surface area contributed by atoms with Crippen LogP contribution in [0.4, 0.5) is 0 Å². The van der Waals surface area contributed by atoms with Gasteiger partial charge in [0.25, 0.3) is 0 Å². The molecule has 0 aromatic heterocycles. The number of carbonyl (C=O) groups is 1. The number of halogens is 1. The first kappa shape index (κ1) is 18.0. The number of morpholine rings is 1. The van der Waals surface area contributed by atoms with Gasteiger partial charge < -0.3 is 19.7 Å². The van der Waals surface area contributed by atoms with Gasteiger partial charge in [0.2, 0.25) is 5.91 Å². The average Bonchev–Trinajstić information content (AvgIpc) is 3.19. The van der Waals surface area contributed by atoms with Crippen LogP contribution >= 0.6 is 12.4 Å². The smallest absolute Gasteiger partial charge is 0.224 e. The summed E-state index contributed by atoms with van der Waals surface area (Å²) in [5, 5.41) is 3.39. The van der Waals surface area contributed by atoms with E-state index in [-0.39, 0.29) is 30.5 Å². The van der Waals surface area contributed by atoms with Crippen molar-refractivity contribution in [3.05, 3.63) is 0 Å². The van der Waals surface area contributed by atoms with E-state index < -0.39 is 0 Å². The van der Waals surface area contributed by atoms with Gasteiger partial charge in [0.15, 0.2) is 0 Å². The lowest BCUT2D eigenvalue weighted by atomic mass is 10.1. The van der Waals surface area contributed by atoms with E-state index in [0.717, 1.165) is 52.0 Å². The molecule has 0 bridgehead atoms. The van der Waals surface area contributed by atoms with E-state index in [1.54, 1.807) is 0 Å². The minimum absolute atomic E-state index is 0. The summed E-state index contributed by atoms with van der Waals surface area (Å²) in [4.78, 5) is 14.9. The molecule has 22 heavy (non-hydrogen) atoms. The van der Waals surface area contributed by atoms with Crippen molar-refractivity contribution in [2.75, 3.05) is 32.9 Å². The van der Waals surface area contributed by atoms with Crippen molar-refractivity contribution < 1.29 is 14.3 Å². The third-order valence-corrected chi connectivity index (χ3v) is 4.93. The molecule has 5 nitrogen and oxygen atoms in total. The maximum Gasteiger partial charge on any atom is 0.224 e. The molecule has 3 fully saturated rings. The van der Waals surface area contributed by atoms with Crippen molar-refractivity contribution in [2.45, 2.75) is 63.1 Å². The van der Waals surface area contributed by atoms with Gasteiger partial charge in [0.05, 0.1) is 19.3 Å². The number of ether oxygens (including phenoxy) is 2. The van der Waals surface area contributed by atoms with Gasteiger partial charge >= 0.3 is 0 Å². The SMILES string of the molecule is Cl.O=C(CC1COCCN1)N(CC1CCCO1)C1CCCC1. The minimum atomic E-state index is 0. The van der Waals surface area contributed by atoms with E-state index in [0.29, 0.717) is 19.1 Å². The van der Waals surface area contributed by atoms with Gasteiger partial charge in [-0.3, -0.25) is 4.79 Å². The summed E-state index contributed by atoms with van der Waals surface area (Å²) in [6.07, 6.45) is 7.88. The van der Waals surface area contributed by atoms with Gasteiger partial charge in [-0.15, -0.1) is 12.4 Å². The number of amides is 1. The molecule has 0 aromatic rings. The van der Waals surface area contributed by atoms with Crippen molar-refractivity contribution in [1.82, 2.24) is 10.2 Å². The van der Waals surface area contributed by atoms with Gasteiger partial charge in [-0.25, -0.2) is 0 Å². The van der Waals surface area contributed by atoms with Crippen LogP contribution in [0.25, 0.3) is 0 Å². The molecule has 2 saturated heterocycles. The summed E-state index contributed by atoms with van der Waals surface area (Å²) in [6.45, 7) is 3.91. The van der Waals surface area contributed by atoms with Crippen LogP contribution in [-0.2, 0) is 14.3 Å². The fourth-order valence-electron chi connectivity index (χ4n) is 3.76. The predicted octanol–water partition coefficient (Wildman–Crippen LogP) is 1.74. The molecule has 3 aliphatic rings. The first-order valence-electron chi connectivity index (χ1n) is 8.55. The van der Waals surface area contributed by atoms with Crippen LogP contribution in [0.2, 0.25) is 0 Å². The Morgan fingerprint density at radius 2 is 1.95 bits per heavy atom. The van der Waals surface area contributed by atoms with Crippen molar-refractivity contribution in [3.63, 3.8) is 0 Å². The third kappa shape index (κ3) is 4.82. The van der Waals surface area contributed by atoms with E-state index in [1.165, 1.54) is 12.8 Å². The Kier molecular flexibility index (Phi) is 7.41. The predicted molar refractivity (Wildman–Crippen MR) is 87.4 cm³/mol. The molecule has 1 aliphatic carbocycles. The van der Waals surface area contributed by atoms with Crippen molar-refractivity contribution >= 4 is 18.3 Å². The fraction of sp³-hybridized carbons (Fsp3) is 0.938. The second-order valence-electron chi connectivity index (χ2n) is 6.55. The lowest BCUT2D eigenvalue weighted by molar-refractivity contribution is -0.136. The van der Waals surface area contributed by atoms with Gasteiger partial charge in [-0.05, 0) is 25.7 Å². The Hall–Kier alpha value is -0.360. The fourth-order valence-corrected chi connectivity index (χ4v) is 3.76. The Morgan fingerprint density at radius 3 is 2.59 bits per heavy atom. The maximum atomic E-state index is 12.8. The molecule has 2 unspecified atom stereocenters. The molecule has 2 aliphatic heterocycles. The summed E-state index contributed by atoms with van der Waals surface area (Å²) >= 11 is 0. The largest absolute Gasteiger partial charge is 0.378 e. The monoisotopic (exact) mass is 332 g/mol. The zero-order valence-corrected chi connectivity index (χ0v) is 14.1. The average molecular weight is 333 g/mol. The lowest BCUT2D eigenvalue weighted by Gasteiger charge is -2.33. The standard InChI is InChI=1S/C16H28N2O3.ClH/c19-16(10-13-12-20-9-7-17-13)18(14-4-1-2-5-14)11-15-6-3-8-21-15;/h13-15,17H,1-12H2;1H. The van der Waals surface area contributed by atoms with Crippen LogP contribution in [0.15, 0.2) is 0 Å². The van der Waals surface area contributed by atoms with Crippen LogP contribution in [-0.4, -0.2) is 61.9 Å². The summed E-state index contributed by atoms with van der Waals surface area (Å²) < 4.78 is 11.2. The molecular formula is C16H29ClN2O3. The minimum Gasteiger partial charge on any atom is -0.378 e. The normalized spacial score (nSPS) is 29.3. The molecule has 1 N–H and O–H groups in total. The van der Waals surface area contributed by atoms with Crippen LogP contribution in [0.5, 0.6) is 0 Å². The van der Waals surface area contributed by atoms with Gasteiger partial charge in [-0.1, -0.05) is 12.8 Å². The van der Waals surface area contributed by atoms with Crippen molar-refractivity contribution in [2.24, 2.45) is 0 Å². The molecule has 1 saturated carbocycles. The molecule has 128 valence electrons. The Balaban J connectivity index is 0.00000176. The number of nitrogens with zero attached hydrogens (tertiary/aromatic N) is 1. The van der Waals surface area contributed by atoms with Crippen LogP contribution < -0.4 is 5.32 Å². The summed E-state index contributed by atoms with van der Waals surface area (Å²) in [5.74, 6) is 0.278. The molecule has 2 atom stereocenters. The second-order valence-corrected chi connectivity index (χ2v) is 6.55. The zero-order chi connectivity index (χ0) is 14.5. The Bertz CT molecular complexity index is 338. The van der Waals surface area contributed by atoms with Gasteiger partial charge in [0, 0.05) is 38.2 Å². The highest BCUT2D eigenvalue weighted by molar-refractivity contribution is 5.85. The highest BCUT2D eigenvalue weighted by Gasteiger charge is 2.31. The van der Waals surface area contributed by atoms with Crippen LogP contribution in [0, 0.1) is 0 Å². The maximum absolute atomic E-state index is 12.8. The topological polar surface area (TPSA) is 50.8 Å². The molecule has 3 rings (SSSR count). The van der Waals surface area contributed by atoms with Crippen LogP contribution in [0.1, 0.15) is 44.9 Å². The second kappa shape index (κ2) is 9.06. The van der Waals surface area contributed by atoms with E-state index in [9.17, 15) is 4.79 Å². The zero-order valence-electron chi connectivity index (χ0n) is 13.3. The number of hydrogen-bond acceptors (Lipinski definition) is 4. The van der Waals surface area contributed by atoms with Crippen molar-refractivity contribution in [3.8, 4) is 0 Å². The van der Waals surface area contributed by atoms with E-state index in [4.69, 9.17) is 9.47 Å². The quantitative estimate of drug-likeness (QED) is 0.833. The summed E-state index contributed by atoms with van der Waals surface area (Å²) in [5.41, 5.74) is 0. The molecule has 2 heterocycles. The first-order valence-corrected chi connectivity index (χ1v) is 8.55. The van der Waals surface area contributed by atoms with Gasteiger partial charge in [0.1, 0.15) is 0 Å². The van der Waals surface area contributed by atoms with E-state index in [1.807, 2.05) is 0 Å². The molecular weight excluding hydrogens is 304 g/mol. The number of hydrogen-bond donors (Lipinski definition) is 1. The molecule has 0 radical (unpaired) electrons. The van der Waals surface area contributed by atoms with E-state index in [2.05, 4.69) is 10.2 Å². The Labute approximate surface area is 139 Å². The summed E-state index contributed by atoms with van der Waals surface area (Å²) in [6, 6.07) is 0.617. The first-order chi connectivity index (χ1) is 10.3. The lowest BCUT2D eigenvalue weighted by Crippen LogP contribution is -2.48. The van der Waals surface area contributed by atoms with Gasteiger partial charge in [-0.2, -0.15) is 0 Å². The molecule has 0 spiro atoms. The molecule has 6 heteroatoms. The summed E-state index contributed by atoms with van der Waals surface area (Å²) in [7, 11) is 0. The number of nitrogens with one attached hydrogen (secondary N) is 1. The van der Waals surface area contributed by atoms with Crippen molar-refractivity contribution in [1.29, 1.82) is 0 Å². The number of rotatable bonds is 5. The van der Waals surface area contributed by atoms with E-state index >= 15 is 0 Å².